The first kappa shape index (κ1) is 17.4. The van der Waals surface area contributed by atoms with Crippen LogP contribution >= 0.6 is 15.9 Å². The Kier molecular flexibility index (Phi) is 4.00. The number of hydrogen-bond donors (Lipinski definition) is 0. The molecule has 1 aliphatic carbocycles. The lowest BCUT2D eigenvalue weighted by molar-refractivity contribution is 0.654. The predicted octanol–water partition coefficient (Wildman–Crippen LogP) is 7.99. The highest BCUT2D eigenvalue weighted by molar-refractivity contribution is 9.10. The van der Waals surface area contributed by atoms with Crippen molar-refractivity contribution < 1.29 is 4.42 Å². The van der Waals surface area contributed by atoms with Gasteiger partial charge < -0.3 is 4.42 Å². The van der Waals surface area contributed by atoms with Crippen LogP contribution < -0.4 is 0 Å². The quantitative estimate of drug-likeness (QED) is 0.288. The van der Waals surface area contributed by atoms with Gasteiger partial charge in [0.1, 0.15) is 11.2 Å². The largest absolute Gasteiger partial charge is 0.455 e. The van der Waals surface area contributed by atoms with Crippen molar-refractivity contribution in [3.63, 3.8) is 0 Å². The molecule has 0 saturated heterocycles. The third-order valence-electron chi connectivity index (χ3n) is 5.39. The van der Waals surface area contributed by atoms with Gasteiger partial charge in [-0.25, -0.2) is 0 Å². The van der Waals surface area contributed by atoms with Crippen molar-refractivity contribution in [1.82, 2.24) is 0 Å². The third kappa shape index (κ3) is 2.21. The van der Waals surface area contributed by atoms with E-state index >= 15 is 0 Å². The number of hydrogen-bond acceptors (Lipinski definition) is 1. The van der Waals surface area contributed by atoms with Crippen molar-refractivity contribution in [3.05, 3.63) is 69.7 Å². The molecule has 3 aromatic carbocycles. The fourth-order valence-electron chi connectivity index (χ4n) is 4.17. The maximum atomic E-state index is 6.17. The fraction of sp³-hybridized carbons (Fsp3) is 0.250. The Morgan fingerprint density at radius 2 is 1.65 bits per heavy atom. The molecule has 0 saturated carbocycles. The molecular weight excluding hydrogens is 384 g/mol. The topological polar surface area (TPSA) is 13.1 Å². The van der Waals surface area contributed by atoms with E-state index in [-0.39, 0.29) is 5.41 Å². The Morgan fingerprint density at radius 1 is 0.923 bits per heavy atom. The first-order valence-corrected chi connectivity index (χ1v) is 10.0. The Labute approximate surface area is 163 Å². The number of aryl methyl sites for hydroxylation is 1. The van der Waals surface area contributed by atoms with Crippen LogP contribution in [-0.4, -0.2) is 0 Å². The molecule has 0 atom stereocenters. The third-order valence-corrected chi connectivity index (χ3v) is 5.98. The van der Waals surface area contributed by atoms with E-state index in [9.17, 15) is 0 Å². The average molecular weight is 407 g/mol. The molecule has 132 valence electrons. The van der Waals surface area contributed by atoms with Crippen molar-refractivity contribution in [2.45, 2.75) is 40.0 Å². The van der Waals surface area contributed by atoms with Gasteiger partial charge in [-0.1, -0.05) is 69.7 Å². The normalized spacial score (nSPS) is 14.1. The fourth-order valence-corrected chi connectivity index (χ4v) is 4.68. The Balaban J connectivity index is 0.000000814. The molecule has 0 fully saturated rings. The first-order chi connectivity index (χ1) is 12.5. The van der Waals surface area contributed by atoms with Gasteiger partial charge in [0.25, 0.3) is 0 Å². The summed E-state index contributed by atoms with van der Waals surface area (Å²) in [7, 11) is 0. The molecule has 4 aromatic rings. The van der Waals surface area contributed by atoms with Crippen LogP contribution in [0.25, 0.3) is 33.1 Å². The minimum absolute atomic E-state index is 0.00816. The van der Waals surface area contributed by atoms with Gasteiger partial charge in [0.05, 0.1) is 4.47 Å². The highest BCUT2D eigenvalue weighted by atomic mass is 79.9. The van der Waals surface area contributed by atoms with E-state index in [0.717, 1.165) is 15.6 Å². The van der Waals surface area contributed by atoms with Crippen molar-refractivity contribution in [2.75, 3.05) is 0 Å². The van der Waals surface area contributed by atoms with Gasteiger partial charge >= 0.3 is 0 Å². The van der Waals surface area contributed by atoms with Crippen LogP contribution in [0.1, 0.15) is 44.4 Å². The van der Waals surface area contributed by atoms with Gasteiger partial charge in [0.2, 0.25) is 0 Å². The monoisotopic (exact) mass is 406 g/mol. The molecule has 0 bridgehead atoms. The SMILES string of the molecule is CC.Cc1ccc2c(c1)C(C)(C)c1cc(Br)c3oc4ccccc4c3c1-2. The zero-order chi connectivity index (χ0) is 18.6. The number of benzene rings is 3. The Morgan fingerprint density at radius 3 is 2.42 bits per heavy atom. The molecule has 1 aromatic heterocycles. The van der Waals surface area contributed by atoms with Crippen LogP contribution in [0, 0.1) is 6.92 Å². The number of para-hydroxylation sites is 1. The van der Waals surface area contributed by atoms with Gasteiger partial charge in [0.15, 0.2) is 0 Å². The molecule has 1 heterocycles. The number of furan rings is 1. The summed E-state index contributed by atoms with van der Waals surface area (Å²) in [6.45, 7) is 10.8. The summed E-state index contributed by atoms with van der Waals surface area (Å²) in [5, 5.41) is 2.42. The van der Waals surface area contributed by atoms with Crippen molar-refractivity contribution in [1.29, 1.82) is 0 Å². The molecule has 2 heteroatoms. The molecule has 1 nitrogen and oxygen atoms in total. The summed E-state index contributed by atoms with van der Waals surface area (Å²) in [5.74, 6) is 0. The second kappa shape index (κ2) is 5.99. The van der Waals surface area contributed by atoms with E-state index in [1.54, 1.807) is 0 Å². The van der Waals surface area contributed by atoms with E-state index < -0.39 is 0 Å². The molecule has 0 aliphatic heterocycles. The lowest BCUT2D eigenvalue weighted by atomic mass is 9.82. The van der Waals surface area contributed by atoms with Gasteiger partial charge in [0, 0.05) is 16.2 Å². The smallest absolute Gasteiger partial charge is 0.150 e. The van der Waals surface area contributed by atoms with Crippen LogP contribution in [0.4, 0.5) is 0 Å². The highest BCUT2D eigenvalue weighted by Gasteiger charge is 2.38. The maximum Gasteiger partial charge on any atom is 0.150 e. The first-order valence-electron chi connectivity index (χ1n) is 9.24. The standard InChI is InChI=1S/C22H17BrO.C2H6/c1-12-8-9-13-15(10-12)22(2,3)16-11-17(23)21-20(19(13)16)14-6-4-5-7-18(14)24-21;1-2/h4-11H,1-3H3;1-2H3. The van der Waals surface area contributed by atoms with Crippen molar-refractivity contribution >= 4 is 37.9 Å². The molecule has 5 rings (SSSR count). The molecule has 0 amide bonds. The summed E-state index contributed by atoms with van der Waals surface area (Å²) >= 11 is 3.75. The summed E-state index contributed by atoms with van der Waals surface area (Å²) < 4.78 is 7.20. The van der Waals surface area contributed by atoms with E-state index in [4.69, 9.17) is 4.42 Å². The number of rotatable bonds is 0. The molecule has 0 N–H and O–H groups in total. The molecular formula is C24H23BrO. The van der Waals surface area contributed by atoms with Crippen LogP contribution in [0.5, 0.6) is 0 Å². The number of fused-ring (bicyclic) bond motifs is 7. The van der Waals surface area contributed by atoms with Crippen molar-refractivity contribution in [3.8, 4) is 11.1 Å². The number of halogens is 1. The Hall–Kier alpha value is -2.06. The molecule has 26 heavy (non-hydrogen) atoms. The lowest BCUT2D eigenvalue weighted by Gasteiger charge is -2.22. The molecule has 0 spiro atoms. The minimum atomic E-state index is -0.00816. The van der Waals surface area contributed by atoms with E-state index in [1.807, 2.05) is 26.0 Å². The maximum absolute atomic E-state index is 6.17. The van der Waals surface area contributed by atoms with Crippen LogP contribution in [0.15, 0.2) is 57.4 Å². The van der Waals surface area contributed by atoms with Crippen LogP contribution in [-0.2, 0) is 5.41 Å². The molecule has 0 radical (unpaired) electrons. The summed E-state index contributed by atoms with van der Waals surface area (Å²) in [4.78, 5) is 0. The second-order valence-corrected chi connectivity index (χ2v) is 8.11. The zero-order valence-electron chi connectivity index (χ0n) is 15.9. The van der Waals surface area contributed by atoms with Gasteiger partial charge in [-0.3, -0.25) is 0 Å². The van der Waals surface area contributed by atoms with Crippen LogP contribution in [0.3, 0.4) is 0 Å². The molecule has 1 aliphatic rings. The average Bonchev–Trinajstić information content (AvgIpc) is 3.12. The van der Waals surface area contributed by atoms with Crippen molar-refractivity contribution in [2.24, 2.45) is 0 Å². The molecule has 0 unspecified atom stereocenters. The van der Waals surface area contributed by atoms with E-state index in [2.05, 4.69) is 73.1 Å². The summed E-state index contributed by atoms with van der Waals surface area (Å²) in [6.07, 6.45) is 0. The van der Waals surface area contributed by atoms with E-state index in [1.165, 1.54) is 38.6 Å². The second-order valence-electron chi connectivity index (χ2n) is 7.26. The van der Waals surface area contributed by atoms with Crippen LogP contribution in [0.2, 0.25) is 0 Å². The van der Waals surface area contributed by atoms with Gasteiger partial charge in [-0.15, -0.1) is 0 Å². The van der Waals surface area contributed by atoms with E-state index in [0.29, 0.717) is 0 Å². The summed E-state index contributed by atoms with van der Waals surface area (Å²) in [5.41, 5.74) is 8.63. The lowest BCUT2D eigenvalue weighted by Crippen LogP contribution is -2.15. The van der Waals surface area contributed by atoms with Gasteiger partial charge in [-0.2, -0.15) is 0 Å². The van der Waals surface area contributed by atoms with Gasteiger partial charge in [-0.05, 0) is 57.2 Å². The predicted molar refractivity (Wildman–Crippen MR) is 115 cm³/mol. The minimum Gasteiger partial charge on any atom is -0.455 e. The zero-order valence-corrected chi connectivity index (χ0v) is 17.5. The summed E-state index contributed by atoms with van der Waals surface area (Å²) in [6, 6.07) is 17.4. The Bertz CT molecular complexity index is 1150. The highest BCUT2D eigenvalue weighted by Crippen LogP contribution is 2.54.